The van der Waals surface area contributed by atoms with Gasteiger partial charge >= 0.3 is 0 Å². The van der Waals surface area contributed by atoms with Crippen LogP contribution in [0.2, 0.25) is 0 Å². The van der Waals surface area contributed by atoms with Gasteiger partial charge in [0.15, 0.2) is 5.75 Å². The maximum absolute atomic E-state index is 13.0. The van der Waals surface area contributed by atoms with Crippen molar-refractivity contribution in [2.24, 2.45) is 0 Å². The molecule has 1 aliphatic heterocycles. The summed E-state index contributed by atoms with van der Waals surface area (Å²) in [5, 5.41) is 3.07. The van der Waals surface area contributed by atoms with Crippen LogP contribution in [-0.2, 0) is 11.3 Å². The Morgan fingerprint density at radius 3 is 2.93 bits per heavy atom. The zero-order chi connectivity index (χ0) is 19.3. The van der Waals surface area contributed by atoms with Gasteiger partial charge in [0.1, 0.15) is 5.75 Å². The van der Waals surface area contributed by atoms with Crippen LogP contribution in [0.1, 0.15) is 22.6 Å². The number of nitrogens with zero attached hydrogens (tertiary/aromatic N) is 2. The van der Waals surface area contributed by atoms with E-state index in [-0.39, 0.29) is 11.9 Å². The molecule has 1 fully saturated rings. The summed E-state index contributed by atoms with van der Waals surface area (Å²) in [5.74, 6) is 1.27. The number of hydrogen-bond acceptors (Lipinski definition) is 5. The second-order valence-electron chi connectivity index (χ2n) is 6.92. The number of rotatable bonds is 6. The third kappa shape index (κ3) is 4.40. The number of thiophene rings is 1. The lowest BCUT2D eigenvalue weighted by atomic mass is 10.2. The van der Waals surface area contributed by atoms with E-state index in [2.05, 4.69) is 34.3 Å². The molecule has 0 aliphatic carbocycles. The Morgan fingerprint density at radius 1 is 1.25 bits per heavy atom. The number of nitrogens with one attached hydrogen (secondary N) is 1. The van der Waals surface area contributed by atoms with Gasteiger partial charge in [-0.2, -0.15) is 0 Å². The highest BCUT2D eigenvalue weighted by atomic mass is 32.1. The molecular weight excluding hydrogens is 370 g/mol. The Kier molecular flexibility index (Phi) is 5.69. The molecule has 1 aliphatic rings. The number of amides is 1. The number of pyridine rings is 1. The second-order valence-corrected chi connectivity index (χ2v) is 8.29. The number of carbonyl (C=O) groups excluding carboxylic acids is 1. The molecule has 4 rings (SSSR count). The fourth-order valence-corrected chi connectivity index (χ4v) is 4.41. The Bertz CT molecular complexity index is 942. The molecule has 3 aromatic rings. The lowest BCUT2D eigenvalue weighted by molar-refractivity contribution is -0.120. The van der Waals surface area contributed by atoms with E-state index in [0.29, 0.717) is 17.2 Å². The van der Waals surface area contributed by atoms with Crippen molar-refractivity contribution < 1.29 is 9.53 Å². The average Bonchev–Trinajstić information content (AvgIpc) is 3.33. The quantitative estimate of drug-likeness (QED) is 0.651. The standard InChI is InChI=1S/C22H23N3O2S/c1-16-10-11-18(28-16)15-25-13-5-8-20(25)22(26)24-19-7-2-3-9-21(19)27-17-6-4-12-23-14-17/h2-4,6-7,9-12,14,20H,5,8,13,15H2,1H3,(H,24,26). The number of anilines is 1. The molecule has 2 aromatic heterocycles. The molecule has 144 valence electrons. The van der Waals surface area contributed by atoms with Gasteiger partial charge in [-0.3, -0.25) is 14.7 Å². The van der Waals surface area contributed by atoms with Gasteiger partial charge in [-0.05, 0) is 62.7 Å². The molecule has 0 bridgehead atoms. The molecule has 1 atom stereocenters. The zero-order valence-electron chi connectivity index (χ0n) is 15.8. The zero-order valence-corrected chi connectivity index (χ0v) is 16.6. The highest BCUT2D eigenvalue weighted by molar-refractivity contribution is 7.11. The van der Waals surface area contributed by atoms with Crippen molar-refractivity contribution in [1.82, 2.24) is 9.88 Å². The number of hydrogen-bond donors (Lipinski definition) is 1. The summed E-state index contributed by atoms with van der Waals surface area (Å²) in [7, 11) is 0. The minimum Gasteiger partial charge on any atom is -0.454 e. The van der Waals surface area contributed by atoms with Crippen LogP contribution < -0.4 is 10.1 Å². The van der Waals surface area contributed by atoms with Crippen molar-refractivity contribution in [3.05, 3.63) is 70.7 Å². The number of aromatic nitrogens is 1. The maximum Gasteiger partial charge on any atom is 0.241 e. The summed E-state index contributed by atoms with van der Waals surface area (Å²) >= 11 is 1.80. The van der Waals surface area contributed by atoms with Crippen LogP contribution in [0.15, 0.2) is 60.9 Å². The molecule has 3 heterocycles. The van der Waals surface area contributed by atoms with E-state index in [1.54, 1.807) is 23.7 Å². The normalized spacial score (nSPS) is 16.8. The van der Waals surface area contributed by atoms with Crippen LogP contribution in [0, 0.1) is 6.92 Å². The van der Waals surface area contributed by atoms with Crippen LogP contribution in [-0.4, -0.2) is 28.4 Å². The van der Waals surface area contributed by atoms with E-state index in [1.807, 2.05) is 36.4 Å². The molecule has 28 heavy (non-hydrogen) atoms. The van der Waals surface area contributed by atoms with Crippen molar-refractivity contribution in [1.29, 1.82) is 0 Å². The third-order valence-corrected chi connectivity index (χ3v) is 5.81. The van der Waals surface area contributed by atoms with Gasteiger partial charge < -0.3 is 10.1 Å². The highest BCUT2D eigenvalue weighted by Crippen LogP contribution is 2.30. The summed E-state index contributed by atoms with van der Waals surface area (Å²) in [5.41, 5.74) is 0.676. The van der Waals surface area contributed by atoms with Crippen LogP contribution in [0.25, 0.3) is 0 Å². The van der Waals surface area contributed by atoms with E-state index in [1.165, 1.54) is 9.75 Å². The van der Waals surface area contributed by atoms with Crippen molar-refractivity contribution >= 4 is 22.9 Å². The Morgan fingerprint density at radius 2 is 2.14 bits per heavy atom. The number of para-hydroxylation sites is 2. The smallest absolute Gasteiger partial charge is 0.241 e. The Labute approximate surface area is 169 Å². The minimum absolute atomic E-state index is 0.0213. The fraction of sp³-hybridized carbons (Fsp3) is 0.273. The van der Waals surface area contributed by atoms with Crippen LogP contribution in [0.3, 0.4) is 0 Å². The van der Waals surface area contributed by atoms with Gasteiger partial charge in [0.05, 0.1) is 17.9 Å². The topological polar surface area (TPSA) is 54.5 Å². The van der Waals surface area contributed by atoms with Crippen LogP contribution in [0.4, 0.5) is 5.69 Å². The lowest BCUT2D eigenvalue weighted by Crippen LogP contribution is -2.39. The first-order valence-corrected chi connectivity index (χ1v) is 10.3. The van der Waals surface area contributed by atoms with Gasteiger partial charge in [-0.1, -0.05) is 12.1 Å². The summed E-state index contributed by atoms with van der Waals surface area (Å²) in [6.45, 7) is 3.88. The number of aryl methyl sites for hydroxylation is 1. The molecule has 1 aromatic carbocycles. The number of carbonyl (C=O) groups is 1. The van der Waals surface area contributed by atoms with E-state index in [9.17, 15) is 4.79 Å². The Balaban J connectivity index is 1.45. The number of ether oxygens (including phenoxy) is 1. The van der Waals surface area contributed by atoms with Crippen molar-refractivity contribution in [2.75, 3.05) is 11.9 Å². The maximum atomic E-state index is 13.0. The largest absolute Gasteiger partial charge is 0.454 e. The van der Waals surface area contributed by atoms with Crippen molar-refractivity contribution in [2.45, 2.75) is 32.4 Å². The van der Waals surface area contributed by atoms with E-state index >= 15 is 0 Å². The molecule has 0 radical (unpaired) electrons. The molecular formula is C22H23N3O2S. The summed E-state index contributed by atoms with van der Waals surface area (Å²) < 4.78 is 5.91. The number of benzene rings is 1. The van der Waals surface area contributed by atoms with Gasteiger partial charge in [0.2, 0.25) is 5.91 Å². The SMILES string of the molecule is Cc1ccc(CN2CCCC2C(=O)Nc2ccccc2Oc2cccnc2)s1. The first-order valence-electron chi connectivity index (χ1n) is 9.46. The number of likely N-dealkylation sites (tertiary alicyclic amines) is 1. The van der Waals surface area contributed by atoms with Gasteiger partial charge in [0, 0.05) is 22.5 Å². The third-order valence-electron chi connectivity index (χ3n) is 4.83. The molecule has 1 amide bonds. The first kappa shape index (κ1) is 18.7. The molecule has 6 heteroatoms. The predicted octanol–water partition coefficient (Wildman–Crippen LogP) is 4.85. The molecule has 1 saturated heterocycles. The summed E-state index contributed by atoms with van der Waals surface area (Å²) in [6.07, 6.45) is 5.27. The molecule has 0 spiro atoms. The monoisotopic (exact) mass is 393 g/mol. The lowest BCUT2D eigenvalue weighted by Gasteiger charge is -2.23. The average molecular weight is 394 g/mol. The Hall–Kier alpha value is -2.70. The summed E-state index contributed by atoms with van der Waals surface area (Å²) in [6, 6.07) is 15.3. The van der Waals surface area contributed by atoms with E-state index < -0.39 is 0 Å². The van der Waals surface area contributed by atoms with Crippen LogP contribution in [0.5, 0.6) is 11.5 Å². The molecule has 1 N–H and O–H groups in total. The summed E-state index contributed by atoms with van der Waals surface area (Å²) in [4.78, 5) is 22.0. The predicted molar refractivity (Wildman–Crippen MR) is 112 cm³/mol. The highest BCUT2D eigenvalue weighted by Gasteiger charge is 2.31. The first-order chi connectivity index (χ1) is 13.7. The molecule has 1 unspecified atom stereocenters. The minimum atomic E-state index is -0.117. The van der Waals surface area contributed by atoms with Crippen molar-refractivity contribution in [3.8, 4) is 11.5 Å². The van der Waals surface area contributed by atoms with Gasteiger partial charge in [-0.25, -0.2) is 0 Å². The van der Waals surface area contributed by atoms with E-state index in [4.69, 9.17) is 4.74 Å². The second kappa shape index (κ2) is 8.54. The van der Waals surface area contributed by atoms with Gasteiger partial charge in [0.25, 0.3) is 0 Å². The molecule has 0 saturated carbocycles. The van der Waals surface area contributed by atoms with Crippen molar-refractivity contribution in [3.63, 3.8) is 0 Å². The molecule has 5 nitrogen and oxygen atoms in total. The fourth-order valence-electron chi connectivity index (χ4n) is 3.49. The van der Waals surface area contributed by atoms with Crippen LogP contribution >= 0.6 is 11.3 Å². The van der Waals surface area contributed by atoms with Gasteiger partial charge in [-0.15, -0.1) is 11.3 Å². The van der Waals surface area contributed by atoms with E-state index in [0.717, 1.165) is 25.9 Å².